The smallest absolute Gasteiger partial charge is 0.225 e. The molecule has 6 heteroatoms. The molecule has 1 saturated heterocycles. The van der Waals surface area contributed by atoms with Crippen LogP contribution >= 0.6 is 0 Å². The average Bonchev–Trinajstić information content (AvgIpc) is 2.89. The van der Waals surface area contributed by atoms with E-state index in [0.29, 0.717) is 26.1 Å². The molecule has 90 valence electrons. The number of aromatic nitrogens is 2. The highest BCUT2D eigenvalue weighted by Gasteiger charge is 2.25. The Bertz CT molecular complexity index is 408. The first kappa shape index (κ1) is 11.6. The SMILES string of the molecule is N#CC1CNCCN1C(=O)CCn1cccn1. The number of amides is 1. The predicted octanol–water partition coefficient (Wildman–Crippen LogP) is -0.403. The standard InChI is InChI=1S/C11H15N5O/c12-8-10-9-13-4-7-16(10)11(17)2-6-15-5-1-3-14-15/h1,3,5,10,13H,2,4,6-7,9H2. The minimum Gasteiger partial charge on any atom is -0.324 e. The maximum atomic E-state index is 12.0. The maximum absolute atomic E-state index is 12.0. The van der Waals surface area contributed by atoms with Crippen LogP contribution in [-0.4, -0.2) is 46.3 Å². The zero-order valence-corrected chi connectivity index (χ0v) is 9.54. The van der Waals surface area contributed by atoms with Crippen LogP contribution in [0.2, 0.25) is 0 Å². The number of aryl methyl sites for hydroxylation is 1. The third kappa shape index (κ3) is 2.82. The van der Waals surface area contributed by atoms with E-state index in [9.17, 15) is 4.79 Å². The zero-order chi connectivity index (χ0) is 12.1. The molecular weight excluding hydrogens is 218 g/mol. The Morgan fingerprint density at radius 1 is 1.65 bits per heavy atom. The molecule has 1 unspecified atom stereocenters. The van der Waals surface area contributed by atoms with E-state index in [1.165, 1.54) is 0 Å². The summed E-state index contributed by atoms with van der Waals surface area (Å²) in [6.45, 7) is 2.49. The molecule has 0 spiro atoms. The van der Waals surface area contributed by atoms with Crippen LogP contribution in [0.4, 0.5) is 0 Å². The molecular formula is C11H15N5O. The van der Waals surface area contributed by atoms with Gasteiger partial charge in [-0.2, -0.15) is 10.4 Å². The van der Waals surface area contributed by atoms with Crippen LogP contribution in [0.1, 0.15) is 6.42 Å². The van der Waals surface area contributed by atoms with E-state index < -0.39 is 0 Å². The van der Waals surface area contributed by atoms with Gasteiger partial charge in [0, 0.05) is 45.0 Å². The van der Waals surface area contributed by atoms with Crippen molar-refractivity contribution in [2.24, 2.45) is 0 Å². The minimum atomic E-state index is -0.339. The highest BCUT2D eigenvalue weighted by molar-refractivity contribution is 5.77. The summed E-state index contributed by atoms with van der Waals surface area (Å²) in [5, 5.41) is 16.1. The van der Waals surface area contributed by atoms with Crippen LogP contribution in [0.3, 0.4) is 0 Å². The second-order valence-electron chi connectivity index (χ2n) is 3.96. The molecule has 1 amide bonds. The van der Waals surface area contributed by atoms with Crippen LogP contribution in [-0.2, 0) is 11.3 Å². The molecule has 1 aliphatic heterocycles. The minimum absolute atomic E-state index is 0.0218. The van der Waals surface area contributed by atoms with E-state index in [1.54, 1.807) is 15.8 Å². The number of hydrogen-bond donors (Lipinski definition) is 1. The van der Waals surface area contributed by atoms with E-state index >= 15 is 0 Å². The molecule has 17 heavy (non-hydrogen) atoms. The number of piperazine rings is 1. The molecule has 0 bridgehead atoms. The molecule has 1 aliphatic rings. The molecule has 1 N–H and O–H groups in total. The fraction of sp³-hybridized carbons (Fsp3) is 0.545. The van der Waals surface area contributed by atoms with Crippen molar-refractivity contribution in [2.45, 2.75) is 19.0 Å². The second kappa shape index (κ2) is 5.46. The van der Waals surface area contributed by atoms with Crippen molar-refractivity contribution in [3.8, 4) is 6.07 Å². The van der Waals surface area contributed by atoms with Crippen molar-refractivity contribution in [1.29, 1.82) is 5.26 Å². The highest BCUT2D eigenvalue weighted by atomic mass is 16.2. The molecule has 0 aliphatic carbocycles. The van der Waals surface area contributed by atoms with Crippen LogP contribution in [0, 0.1) is 11.3 Å². The van der Waals surface area contributed by atoms with Gasteiger partial charge < -0.3 is 10.2 Å². The fourth-order valence-electron chi connectivity index (χ4n) is 1.90. The van der Waals surface area contributed by atoms with Crippen molar-refractivity contribution >= 4 is 5.91 Å². The normalized spacial score (nSPS) is 19.9. The first-order chi connectivity index (χ1) is 8.31. The first-order valence-corrected chi connectivity index (χ1v) is 5.68. The van der Waals surface area contributed by atoms with Crippen LogP contribution in [0.25, 0.3) is 0 Å². The van der Waals surface area contributed by atoms with Crippen molar-refractivity contribution in [1.82, 2.24) is 20.0 Å². The zero-order valence-electron chi connectivity index (χ0n) is 9.54. The van der Waals surface area contributed by atoms with Crippen molar-refractivity contribution in [3.05, 3.63) is 18.5 Å². The van der Waals surface area contributed by atoms with Crippen molar-refractivity contribution in [2.75, 3.05) is 19.6 Å². The number of carbonyl (C=O) groups is 1. The molecule has 6 nitrogen and oxygen atoms in total. The Morgan fingerprint density at radius 3 is 3.24 bits per heavy atom. The van der Waals surface area contributed by atoms with Crippen molar-refractivity contribution < 1.29 is 4.79 Å². The first-order valence-electron chi connectivity index (χ1n) is 5.68. The number of carbonyl (C=O) groups excluding carboxylic acids is 1. The van der Waals surface area contributed by atoms with Gasteiger partial charge in [-0.1, -0.05) is 0 Å². The largest absolute Gasteiger partial charge is 0.324 e. The van der Waals surface area contributed by atoms with Gasteiger partial charge in [-0.05, 0) is 6.07 Å². The average molecular weight is 233 g/mol. The molecule has 1 atom stereocenters. The number of nitriles is 1. The molecule has 1 aromatic rings. The summed E-state index contributed by atoms with van der Waals surface area (Å²) in [6, 6.07) is 3.64. The quantitative estimate of drug-likeness (QED) is 0.770. The molecule has 0 saturated carbocycles. The van der Waals surface area contributed by atoms with Gasteiger partial charge in [0.05, 0.1) is 6.07 Å². The lowest BCUT2D eigenvalue weighted by Gasteiger charge is -2.32. The van der Waals surface area contributed by atoms with Crippen LogP contribution < -0.4 is 5.32 Å². The van der Waals surface area contributed by atoms with Gasteiger partial charge in [0.25, 0.3) is 0 Å². The van der Waals surface area contributed by atoms with Gasteiger partial charge in [-0.3, -0.25) is 9.48 Å². The van der Waals surface area contributed by atoms with E-state index in [0.717, 1.165) is 6.54 Å². The molecule has 2 rings (SSSR count). The van der Waals surface area contributed by atoms with Gasteiger partial charge in [0.1, 0.15) is 6.04 Å². The monoisotopic (exact) mass is 233 g/mol. The van der Waals surface area contributed by atoms with E-state index in [2.05, 4.69) is 16.5 Å². The Morgan fingerprint density at radius 2 is 2.53 bits per heavy atom. The summed E-state index contributed by atoms with van der Waals surface area (Å²) in [4.78, 5) is 13.6. The number of nitrogens with one attached hydrogen (secondary N) is 1. The Hall–Kier alpha value is -1.87. The third-order valence-electron chi connectivity index (χ3n) is 2.83. The van der Waals surface area contributed by atoms with Crippen LogP contribution in [0.5, 0.6) is 0 Å². The van der Waals surface area contributed by atoms with Gasteiger partial charge in [-0.15, -0.1) is 0 Å². The van der Waals surface area contributed by atoms with E-state index in [4.69, 9.17) is 5.26 Å². The third-order valence-corrected chi connectivity index (χ3v) is 2.83. The lowest BCUT2D eigenvalue weighted by Crippen LogP contribution is -2.53. The summed E-state index contributed by atoms with van der Waals surface area (Å²) < 4.78 is 1.72. The van der Waals surface area contributed by atoms with Gasteiger partial charge in [-0.25, -0.2) is 0 Å². The summed E-state index contributed by atoms with van der Waals surface area (Å²) in [6.07, 6.45) is 3.90. The Labute approximate surface area is 99.8 Å². The molecule has 0 radical (unpaired) electrons. The topological polar surface area (TPSA) is 74.0 Å². The lowest BCUT2D eigenvalue weighted by atomic mass is 10.2. The van der Waals surface area contributed by atoms with Gasteiger partial charge in [0.15, 0.2) is 0 Å². The Kier molecular flexibility index (Phi) is 3.73. The van der Waals surface area contributed by atoms with Gasteiger partial charge >= 0.3 is 0 Å². The molecule has 0 aromatic carbocycles. The van der Waals surface area contributed by atoms with Crippen LogP contribution in [0.15, 0.2) is 18.5 Å². The maximum Gasteiger partial charge on any atom is 0.225 e. The summed E-state index contributed by atoms with van der Waals surface area (Å²) in [5.74, 6) is 0.0218. The van der Waals surface area contributed by atoms with Gasteiger partial charge in [0.2, 0.25) is 5.91 Å². The number of hydrogen-bond acceptors (Lipinski definition) is 4. The summed E-state index contributed by atoms with van der Waals surface area (Å²) in [7, 11) is 0. The number of nitrogens with zero attached hydrogens (tertiary/aromatic N) is 4. The number of rotatable bonds is 3. The van der Waals surface area contributed by atoms with E-state index in [-0.39, 0.29) is 11.9 Å². The predicted molar refractivity (Wildman–Crippen MR) is 60.8 cm³/mol. The lowest BCUT2D eigenvalue weighted by molar-refractivity contribution is -0.133. The molecule has 1 fully saturated rings. The van der Waals surface area contributed by atoms with Crippen molar-refractivity contribution in [3.63, 3.8) is 0 Å². The summed E-state index contributed by atoms with van der Waals surface area (Å²) >= 11 is 0. The molecule has 1 aromatic heterocycles. The highest BCUT2D eigenvalue weighted by Crippen LogP contribution is 2.05. The fourth-order valence-corrected chi connectivity index (χ4v) is 1.90. The van der Waals surface area contributed by atoms with E-state index in [1.807, 2.05) is 12.3 Å². The second-order valence-corrected chi connectivity index (χ2v) is 3.96. The summed E-state index contributed by atoms with van der Waals surface area (Å²) in [5.41, 5.74) is 0. The Balaban J connectivity index is 1.88. The molecule has 2 heterocycles.